The molecule has 5 heteroatoms. The minimum atomic E-state index is 0.450. The summed E-state index contributed by atoms with van der Waals surface area (Å²) >= 11 is 0. The molecular formula is C20H20N4O. The number of pyridine rings is 1. The van der Waals surface area contributed by atoms with E-state index in [1.807, 2.05) is 43.3 Å². The maximum Gasteiger partial charge on any atom is 0.152 e. The second kappa shape index (κ2) is 6.53. The Hall–Kier alpha value is -2.92. The van der Waals surface area contributed by atoms with Crippen LogP contribution < -0.4 is 5.73 Å². The van der Waals surface area contributed by atoms with Crippen LogP contribution in [-0.4, -0.2) is 21.1 Å². The molecule has 0 saturated carbocycles. The van der Waals surface area contributed by atoms with Crippen LogP contribution in [0.4, 0.5) is 5.82 Å². The number of para-hydroxylation sites is 1. The number of nitrogen functional groups attached to an aromatic ring is 1. The van der Waals surface area contributed by atoms with Crippen LogP contribution in [0.1, 0.15) is 18.3 Å². The van der Waals surface area contributed by atoms with Crippen molar-refractivity contribution in [2.24, 2.45) is 0 Å². The largest absolute Gasteiger partial charge is 0.382 e. The van der Waals surface area contributed by atoms with Gasteiger partial charge in [-0.25, -0.2) is 9.97 Å². The number of benzene rings is 2. The van der Waals surface area contributed by atoms with E-state index in [9.17, 15) is 0 Å². The fourth-order valence-electron chi connectivity index (χ4n) is 3.14. The number of hydrogen-bond donors (Lipinski definition) is 1. The number of aromatic nitrogens is 3. The summed E-state index contributed by atoms with van der Waals surface area (Å²) in [5.41, 5.74) is 10.0. The van der Waals surface area contributed by atoms with Gasteiger partial charge in [-0.15, -0.1) is 0 Å². The van der Waals surface area contributed by atoms with Gasteiger partial charge in [0.1, 0.15) is 17.9 Å². The van der Waals surface area contributed by atoms with Crippen molar-refractivity contribution in [3.63, 3.8) is 0 Å². The maximum absolute atomic E-state index is 6.20. The summed E-state index contributed by atoms with van der Waals surface area (Å²) in [5.74, 6) is 1.32. The molecule has 0 atom stereocenters. The molecule has 25 heavy (non-hydrogen) atoms. The monoisotopic (exact) mass is 332 g/mol. The van der Waals surface area contributed by atoms with Crippen LogP contribution >= 0.6 is 0 Å². The van der Waals surface area contributed by atoms with E-state index in [1.165, 1.54) is 5.56 Å². The lowest BCUT2D eigenvalue weighted by molar-refractivity contribution is 0.126. The molecule has 0 spiro atoms. The number of imidazole rings is 1. The molecule has 0 saturated heterocycles. The van der Waals surface area contributed by atoms with E-state index in [0.717, 1.165) is 27.8 Å². The van der Waals surface area contributed by atoms with Gasteiger partial charge in [-0.05, 0) is 18.6 Å². The molecule has 0 fully saturated rings. The van der Waals surface area contributed by atoms with Crippen LogP contribution in [0.15, 0.2) is 54.6 Å². The topological polar surface area (TPSA) is 66.0 Å². The third-order valence-corrected chi connectivity index (χ3v) is 4.31. The minimum absolute atomic E-state index is 0.450. The van der Waals surface area contributed by atoms with Crippen molar-refractivity contribution in [2.45, 2.75) is 20.1 Å². The van der Waals surface area contributed by atoms with Gasteiger partial charge in [-0.3, -0.25) is 0 Å². The summed E-state index contributed by atoms with van der Waals surface area (Å²) in [6.45, 7) is 3.79. The first kappa shape index (κ1) is 15.6. The van der Waals surface area contributed by atoms with Crippen molar-refractivity contribution in [1.82, 2.24) is 14.5 Å². The molecule has 5 nitrogen and oxygen atoms in total. The third-order valence-electron chi connectivity index (χ3n) is 4.31. The Balaban J connectivity index is 1.98. The van der Waals surface area contributed by atoms with E-state index >= 15 is 0 Å². The van der Waals surface area contributed by atoms with Crippen LogP contribution in [0.5, 0.6) is 0 Å². The highest BCUT2D eigenvalue weighted by Gasteiger charge is 2.17. The zero-order valence-corrected chi connectivity index (χ0v) is 14.1. The number of hydrogen-bond acceptors (Lipinski definition) is 4. The zero-order chi connectivity index (χ0) is 17.2. The van der Waals surface area contributed by atoms with Crippen LogP contribution in [0.3, 0.4) is 0 Å². The first-order valence-corrected chi connectivity index (χ1v) is 8.43. The highest BCUT2D eigenvalue weighted by molar-refractivity contribution is 6.06. The zero-order valence-electron chi connectivity index (χ0n) is 14.1. The lowest BCUT2D eigenvalue weighted by Gasteiger charge is -2.11. The molecule has 0 radical (unpaired) electrons. The Morgan fingerprint density at radius 1 is 1.00 bits per heavy atom. The van der Waals surface area contributed by atoms with Crippen molar-refractivity contribution in [1.29, 1.82) is 0 Å². The van der Waals surface area contributed by atoms with Crippen LogP contribution in [0, 0.1) is 0 Å². The molecule has 0 amide bonds. The van der Waals surface area contributed by atoms with Gasteiger partial charge in [0.05, 0.1) is 11.0 Å². The minimum Gasteiger partial charge on any atom is -0.382 e. The molecule has 4 rings (SSSR count). The van der Waals surface area contributed by atoms with Crippen LogP contribution in [-0.2, 0) is 17.9 Å². The van der Waals surface area contributed by atoms with Gasteiger partial charge in [0, 0.05) is 18.5 Å². The third kappa shape index (κ3) is 2.83. The Morgan fingerprint density at radius 2 is 1.76 bits per heavy atom. The number of anilines is 1. The summed E-state index contributed by atoms with van der Waals surface area (Å²) < 4.78 is 7.83. The first-order chi connectivity index (χ1) is 12.3. The number of nitrogens with zero attached hydrogens (tertiary/aromatic N) is 3. The lowest BCUT2D eigenvalue weighted by atomic mass is 10.1. The van der Waals surface area contributed by atoms with Gasteiger partial charge in [-0.1, -0.05) is 48.5 Å². The second-order valence-corrected chi connectivity index (χ2v) is 5.95. The fourth-order valence-corrected chi connectivity index (χ4v) is 3.14. The van der Waals surface area contributed by atoms with Gasteiger partial charge in [0.15, 0.2) is 5.82 Å². The van der Waals surface area contributed by atoms with E-state index in [4.69, 9.17) is 15.5 Å². The molecule has 0 aliphatic rings. The van der Waals surface area contributed by atoms with Gasteiger partial charge >= 0.3 is 0 Å². The van der Waals surface area contributed by atoms with E-state index in [0.29, 0.717) is 25.6 Å². The molecule has 0 aliphatic carbocycles. The Labute approximate surface area is 146 Å². The van der Waals surface area contributed by atoms with Crippen LogP contribution in [0.25, 0.3) is 21.9 Å². The number of rotatable bonds is 5. The predicted molar refractivity (Wildman–Crippen MR) is 100 cm³/mol. The SMILES string of the molecule is CCOCc1nc2c(N)nc3ccccc3c2n1Cc1ccccc1. The van der Waals surface area contributed by atoms with Crippen molar-refractivity contribution >= 4 is 27.8 Å². The maximum atomic E-state index is 6.20. The summed E-state index contributed by atoms with van der Waals surface area (Å²) in [4.78, 5) is 9.25. The highest BCUT2D eigenvalue weighted by Crippen LogP contribution is 2.29. The van der Waals surface area contributed by atoms with Crippen molar-refractivity contribution in [3.05, 3.63) is 66.0 Å². The summed E-state index contributed by atoms with van der Waals surface area (Å²) in [6.07, 6.45) is 0. The molecule has 126 valence electrons. The average molecular weight is 332 g/mol. The number of fused-ring (bicyclic) bond motifs is 3. The lowest BCUT2D eigenvalue weighted by Crippen LogP contribution is -2.07. The molecule has 2 N–H and O–H groups in total. The molecule has 2 aromatic carbocycles. The predicted octanol–water partition coefficient (Wildman–Crippen LogP) is 3.75. The number of ether oxygens (including phenoxy) is 1. The van der Waals surface area contributed by atoms with Crippen molar-refractivity contribution in [3.8, 4) is 0 Å². The van der Waals surface area contributed by atoms with Crippen molar-refractivity contribution < 1.29 is 4.74 Å². The standard InChI is InChI=1S/C20H20N4O/c1-2-25-13-17-23-18-19(24(17)12-14-8-4-3-5-9-14)15-10-6-7-11-16(15)22-20(18)21/h3-11H,2,12-13H2,1H3,(H2,21,22). The second-order valence-electron chi connectivity index (χ2n) is 5.95. The normalized spacial score (nSPS) is 11.4. The highest BCUT2D eigenvalue weighted by atomic mass is 16.5. The van der Waals surface area contributed by atoms with E-state index in [-0.39, 0.29) is 0 Å². The Morgan fingerprint density at radius 3 is 2.56 bits per heavy atom. The summed E-state index contributed by atoms with van der Waals surface area (Å²) in [7, 11) is 0. The van der Waals surface area contributed by atoms with Crippen LogP contribution in [0.2, 0.25) is 0 Å². The Bertz CT molecular complexity index is 1020. The molecule has 4 aromatic rings. The van der Waals surface area contributed by atoms with Crippen molar-refractivity contribution in [2.75, 3.05) is 12.3 Å². The fraction of sp³-hybridized carbons (Fsp3) is 0.200. The molecular weight excluding hydrogens is 312 g/mol. The van der Waals surface area contributed by atoms with E-state index < -0.39 is 0 Å². The van der Waals surface area contributed by atoms with Gasteiger partial charge in [0.25, 0.3) is 0 Å². The quantitative estimate of drug-likeness (QED) is 0.604. The average Bonchev–Trinajstić information content (AvgIpc) is 3.00. The number of nitrogens with two attached hydrogens (primary N) is 1. The molecule has 0 aliphatic heterocycles. The molecule has 0 bridgehead atoms. The smallest absolute Gasteiger partial charge is 0.152 e. The molecule has 2 heterocycles. The van der Waals surface area contributed by atoms with E-state index in [1.54, 1.807) is 0 Å². The molecule has 0 unspecified atom stereocenters. The summed E-state index contributed by atoms with van der Waals surface area (Å²) in [5, 5.41) is 1.05. The first-order valence-electron chi connectivity index (χ1n) is 8.43. The van der Waals surface area contributed by atoms with Gasteiger partial charge < -0.3 is 15.0 Å². The van der Waals surface area contributed by atoms with Gasteiger partial charge in [0.2, 0.25) is 0 Å². The van der Waals surface area contributed by atoms with E-state index in [2.05, 4.69) is 27.8 Å². The Kier molecular flexibility index (Phi) is 4.07. The summed E-state index contributed by atoms with van der Waals surface area (Å²) in [6, 6.07) is 18.4. The van der Waals surface area contributed by atoms with Gasteiger partial charge in [-0.2, -0.15) is 0 Å². The molecule has 2 aromatic heterocycles.